The summed E-state index contributed by atoms with van der Waals surface area (Å²) in [7, 11) is 0. The van der Waals surface area contributed by atoms with Gasteiger partial charge in [-0.15, -0.1) is 0 Å². The predicted octanol–water partition coefficient (Wildman–Crippen LogP) is 3.27. The first-order chi connectivity index (χ1) is 12.8. The maximum atomic E-state index is 12.3. The predicted molar refractivity (Wildman–Crippen MR) is 102 cm³/mol. The highest BCUT2D eigenvalue weighted by Gasteiger charge is 2.62. The fourth-order valence-electron chi connectivity index (χ4n) is 4.93. The number of oxime groups is 1. The van der Waals surface area contributed by atoms with Gasteiger partial charge in [-0.1, -0.05) is 31.5 Å². The number of aliphatic hydroxyl groups is 1. The highest BCUT2D eigenvalue weighted by molar-refractivity contribution is 5.98. The Morgan fingerprint density at radius 1 is 1.44 bits per heavy atom. The summed E-state index contributed by atoms with van der Waals surface area (Å²) in [5.41, 5.74) is 0.640. The Morgan fingerprint density at radius 3 is 2.78 bits per heavy atom. The standard InChI is InChI=1S/C21H28N2O4/c1-5-17-12(2)10-21(25)19(14(4)27-20(21)24)18(17)9-8-16-7-6-15(11-22-16)13(3)23-26/h6-9,11-12,14,17-19,25-26H,5,10H2,1-4H3/b9-8+,23-13-/t12-,14+,17?,18-,19-,21-/m0/s1. The summed E-state index contributed by atoms with van der Waals surface area (Å²) in [5.74, 6) is -0.104. The van der Waals surface area contributed by atoms with Crippen LogP contribution in [0.25, 0.3) is 6.08 Å². The Kier molecular flexibility index (Phi) is 5.38. The minimum absolute atomic E-state index is 0.0346. The van der Waals surface area contributed by atoms with Gasteiger partial charge in [-0.3, -0.25) is 4.98 Å². The summed E-state index contributed by atoms with van der Waals surface area (Å²) >= 11 is 0. The van der Waals surface area contributed by atoms with E-state index in [2.05, 4.69) is 30.1 Å². The molecule has 6 heteroatoms. The Morgan fingerprint density at radius 2 is 2.19 bits per heavy atom. The van der Waals surface area contributed by atoms with Crippen LogP contribution in [0, 0.1) is 23.7 Å². The van der Waals surface area contributed by atoms with Crippen LogP contribution >= 0.6 is 0 Å². The molecule has 146 valence electrons. The third-order valence-corrected chi connectivity index (χ3v) is 6.29. The van der Waals surface area contributed by atoms with Crippen LogP contribution < -0.4 is 0 Å². The minimum atomic E-state index is -1.40. The van der Waals surface area contributed by atoms with Crippen LogP contribution in [-0.2, 0) is 9.53 Å². The number of allylic oxidation sites excluding steroid dienone is 1. The van der Waals surface area contributed by atoms with E-state index < -0.39 is 11.6 Å². The van der Waals surface area contributed by atoms with Crippen LogP contribution in [-0.4, -0.2) is 38.7 Å². The summed E-state index contributed by atoms with van der Waals surface area (Å²) in [6.45, 7) is 7.83. The molecule has 1 unspecified atom stereocenters. The molecule has 3 rings (SSSR count). The zero-order chi connectivity index (χ0) is 19.8. The number of fused-ring (bicyclic) bond motifs is 1. The average molecular weight is 372 g/mol. The number of carbonyl (C=O) groups excluding carboxylic acids is 1. The number of esters is 1. The molecule has 27 heavy (non-hydrogen) atoms. The van der Waals surface area contributed by atoms with Crippen LogP contribution in [0.1, 0.15) is 51.8 Å². The molecule has 1 aliphatic carbocycles. The molecule has 1 saturated heterocycles. The third-order valence-electron chi connectivity index (χ3n) is 6.29. The summed E-state index contributed by atoms with van der Waals surface area (Å²) < 4.78 is 5.41. The normalized spacial score (nSPS) is 36.7. The van der Waals surface area contributed by atoms with Crippen molar-refractivity contribution in [1.29, 1.82) is 0 Å². The lowest BCUT2D eigenvalue weighted by Crippen LogP contribution is -2.53. The smallest absolute Gasteiger partial charge is 0.338 e. The lowest BCUT2D eigenvalue weighted by atomic mass is 9.59. The molecule has 1 aromatic heterocycles. The van der Waals surface area contributed by atoms with Crippen LogP contribution in [0.4, 0.5) is 0 Å². The number of nitrogens with zero attached hydrogens (tertiary/aromatic N) is 2. The fraction of sp³-hybridized carbons (Fsp3) is 0.571. The molecule has 0 aromatic carbocycles. The molecule has 1 aromatic rings. The van der Waals surface area contributed by atoms with Gasteiger partial charge < -0.3 is 15.1 Å². The number of hydrogen-bond acceptors (Lipinski definition) is 6. The third kappa shape index (κ3) is 3.38. The molecule has 2 aliphatic rings. The highest BCUT2D eigenvalue weighted by atomic mass is 16.6. The molecule has 1 saturated carbocycles. The highest BCUT2D eigenvalue weighted by Crippen LogP contribution is 2.52. The Hall–Kier alpha value is -2.21. The number of aromatic nitrogens is 1. The topological polar surface area (TPSA) is 92.0 Å². The summed E-state index contributed by atoms with van der Waals surface area (Å²) in [5, 5.41) is 23.1. The fourth-order valence-corrected chi connectivity index (χ4v) is 4.93. The second kappa shape index (κ2) is 7.43. The van der Waals surface area contributed by atoms with E-state index in [0.29, 0.717) is 18.1 Å². The van der Waals surface area contributed by atoms with Gasteiger partial charge in [0.05, 0.1) is 11.4 Å². The average Bonchev–Trinajstić information content (AvgIpc) is 2.87. The summed E-state index contributed by atoms with van der Waals surface area (Å²) in [4.78, 5) is 16.7. The van der Waals surface area contributed by atoms with E-state index in [1.165, 1.54) is 0 Å². The van der Waals surface area contributed by atoms with Crippen LogP contribution in [0.3, 0.4) is 0 Å². The van der Waals surface area contributed by atoms with Crippen molar-refractivity contribution in [3.05, 3.63) is 35.7 Å². The zero-order valence-electron chi connectivity index (χ0n) is 16.3. The van der Waals surface area contributed by atoms with Crippen molar-refractivity contribution in [3.63, 3.8) is 0 Å². The van der Waals surface area contributed by atoms with E-state index in [4.69, 9.17) is 9.94 Å². The van der Waals surface area contributed by atoms with Crippen LogP contribution in [0.2, 0.25) is 0 Å². The van der Waals surface area contributed by atoms with E-state index >= 15 is 0 Å². The molecule has 6 atom stereocenters. The maximum Gasteiger partial charge on any atom is 0.338 e. The first-order valence-electron chi connectivity index (χ1n) is 9.58. The number of rotatable bonds is 4. The van der Waals surface area contributed by atoms with Crippen molar-refractivity contribution in [2.24, 2.45) is 28.8 Å². The Labute approximate surface area is 160 Å². The number of hydrogen-bond donors (Lipinski definition) is 2. The lowest BCUT2D eigenvalue weighted by molar-refractivity contribution is -0.160. The molecule has 0 radical (unpaired) electrons. The molecule has 0 bridgehead atoms. The number of carbonyl (C=O) groups is 1. The van der Waals surface area contributed by atoms with Crippen molar-refractivity contribution in [3.8, 4) is 0 Å². The summed E-state index contributed by atoms with van der Waals surface area (Å²) in [6.07, 6.45) is 6.80. The number of ether oxygens (including phenoxy) is 1. The Bertz CT molecular complexity index is 758. The van der Waals surface area contributed by atoms with Crippen molar-refractivity contribution in [1.82, 2.24) is 4.98 Å². The van der Waals surface area contributed by atoms with E-state index in [0.717, 1.165) is 17.7 Å². The number of pyridine rings is 1. The first kappa shape index (κ1) is 19.5. The van der Waals surface area contributed by atoms with Gasteiger partial charge in [-0.2, -0.15) is 0 Å². The van der Waals surface area contributed by atoms with Gasteiger partial charge in [0.15, 0.2) is 5.60 Å². The quantitative estimate of drug-likeness (QED) is 0.366. The van der Waals surface area contributed by atoms with Crippen LogP contribution in [0.5, 0.6) is 0 Å². The SMILES string of the molecule is CCC1[C@@H](C)C[C@@]2(O)C(=O)O[C@H](C)[C@H]2[C@H]1/C=C/c1ccc(/C(C)=N\O)cn1. The monoisotopic (exact) mass is 372 g/mol. The van der Waals surface area contributed by atoms with Gasteiger partial charge in [0.1, 0.15) is 6.10 Å². The van der Waals surface area contributed by atoms with E-state index in [9.17, 15) is 9.90 Å². The van der Waals surface area contributed by atoms with Gasteiger partial charge >= 0.3 is 5.97 Å². The zero-order valence-corrected chi connectivity index (χ0v) is 16.3. The second-order valence-electron chi connectivity index (χ2n) is 7.91. The van der Waals surface area contributed by atoms with Crippen molar-refractivity contribution in [2.45, 2.75) is 52.2 Å². The lowest BCUT2D eigenvalue weighted by Gasteiger charge is -2.45. The van der Waals surface area contributed by atoms with Gasteiger partial charge in [0, 0.05) is 17.7 Å². The first-order valence-corrected chi connectivity index (χ1v) is 9.58. The molecule has 2 N–H and O–H groups in total. The largest absolute Gasteiger partial charge is 0.460 e. The van der Waals surface area contributed by atoms with Gasteiger partial charge in [0.25, 0.3) is 0 Å². The molecule has 1 aliphatic heterocycles. The molecule has 0 spiro atoms. The maximum absolute atomic E-state index is 12.3. The van der Waals surface area contributed by atoms with Gasteiger partial charge in [0.2, 0.25) is 0 Å². The molecule has 6 nitrogen and oxygen atoms in total. The molecule has 2 fully saturated rings. The number of cyclic esters (lactones) is 1. The van der Waals surface area contributed by atoms with Crippen LogP contribution in [0.15, 0.2) is 29.6 Å². The molecule has 2 heterocycles. The summed E-state index contributed by atoms with van der Waals surface area (Å²) in [6, 6.07) is 3.71. The molecular formula is C21H28N2O4. The van der Waals surface area contributed by atoms with Crippen molar-refractivity contribution < 1.29 is 19.8 Å². The van der Waals surface area contributed by atoms with E-state index in [1.54, 1.807) is 13.1 Å². The van der Waals surface area contributed by atoms with Gasteiger partial charge in [-0.25, -0.2) is 4.79 Å². The molecule has 0 amide bonds. The van der Waals surface area contributed by atoms with Crippen molar-refractivity contribution in [2.75, 3.05) is 0 Å². The van der Waals surface area contributed by atoms with E-state index in [1.807, 2.05) is 25.1 Å². The molecular weight excluding hydrogens is 344 g/mol. The van der Waals surface area contributed by atoms with Crippen molar-refractivity contribution >= 4 is 17.8 Å². The van der Waals surface area contributed by atoms with Gasteiger partial charge in [-0.05, 0) is 56.2 Å². The Balaban J connectivity index is 1.90. The van der Waals surface area contributed by atoms with E-state index in [-0.39, 0.29) is 23.9 Å². The minimum Gasteiger partial charge on any atom is -0.460 e. The second-order valence-corrected chi connectivity index (χ2v) is 7.91.